The molecule has 0 N–H and O–H groups in total. The van der Waals surface area contributed by atoms with E-state index in [0.717, 1.165) is 35.7 Å². The number of nitrogens with zero attached hydrogens (tertiary/aromatic N) is 4. The van der Waals surface area contributed by atoms with Gasteiger partial charge in [0.2, 0.25) is 5.91 Å². The van der Waals surface area contributed by atoms with E-state index in [4.69, 9.17) is 21.6 Å². The Morgan fingerprint density at radius 1 is 1.16 bits per heavy atom. The number of carbonyl (C=O) groups excluding carboxylic acids is 1. The molecule has 0 spiro atoms. The third-order valence-electron chi connectivity index (χ3n) is 6.08. The minimum atomic E-state index is -0.312. The largest absolute Gasteiger partial charge is 0.353 e. The normalized spacial score (nSPS) is 16.8. The van der Waals surface area contributed by atoms with Crippen molar-refractivity contribution in [2.75, 3.05) is 31.1 Å². The molecule has 4 rings (SSSR count). The second-order valence-electron chi connectivity index (χ2n) is 9.09. The van der Waals surface area contributed by atoms with Crippen molar-refractivity contribution >= 4 is 23.3 Å². The molecule has 1 aliphatic carbocycles. The van der Waals surface area contributed by atoms with Crippen molar-refractivity contribution in [3.05, 3.63) is 51.7 Å². The van der Waals surface area contributed by atoms with Crippen LogP contribution in [0.5, 0.6) is 0 Å². The third kappa shape index (κ3) is 5.00. The molecule has 166 valence electrons. The Kier molecular flexibility index (Phi) is 6.47. The first-order valence-corrected chi connectivity index (χ1v) is 11.5. The van der Waals surface area contributed by atoms with E-state index in [0.29, 0.717) is 61.4 Å². The highest BCUT2D eigenvalue weighted by Gasteiger charge is 2.31. The van der Waals surface area contributed by atoms with Crippen LogP contribution in [-0.2, 0) is 11.2 Å². The van der Waals surface area contributed by atoms with Gasteiger partial charge in [-0.2, -0.15) is 0 Å². The second kappa shape index (κ2) is 9.11. The van der Waals surface area contributed by atoms with Crippen LogP contribution in [0.25, 0.3) is 0 Å². The van der Waals surface area contributed by atoms with Gasteiger partial charge >= 0.3 is 0 Å². The van der Waals surface area contributed by atoms with Crippen molar-refractivity contribution in [1.82, 2.24) is 14.9 Å². The van der Waals surface area contributed by atoms with Crippen LogP contribution in [0, 0.1) is 18.7 Å². The van der Waals surface area contributed by atoms with Gasteiger partial charge in [-0.1, -0.05) is 31.5 Å². The summed E-state index contributed by atoms with van der Waals surface area (Å²) in [6.07, 6.45) is 3.17. The molecule has 7 heteroatoms. The van der Waals surface area contributed by atoms with Crippen molar-refractivity contribution < 1.29 is 9.18 Å². The van der Waals surface area contributed by atoms with E-state index in [2.05, 4.69) is 18.7 Å². The third-order valence-corrected chi connectivity index (χ3v) is 6.44. The first-order chi connectivity index (χ1) is 14.8. The van der Waals surface area contributed by atoms with Crippen molar-refractivity contribution in [2.24, 2.45) is 5.92 Å². The van der Waals surface area contributed by atoms with Crippen LogP contribution in [0.2, 0.25) is 5.02 Å². The van der Waals surface area contributed by atoms with E-state index in [1.807, 2.05) is 11.8 Å². The zero-order valence-corrected chi connectivity index (χ0v) is 19.3. The van der Waals surface area contributed by atoms with Crippen LogP contribution >= 0.6 is 11.6 Å². The maximum absolute atomic E-state index is 14.5. The van der Waals surface area contributed by atoms with Crippen molar-refractivity contribution in [1.29, 1.82) is 0 Å². The summed E-state index contributed by atoms with van der Waals surface area (Å²) < 4.78 is 14.5. The van der Waals surface area contributed by atoms with Gasteiger partial charge in [-0.25, -0.2) is 14.4 Å². The molecule has 2 fully saturated rings. The summed E-state index contributed by atoms with van der Waals surface area (Å²) in [4.78, 5) is 26.3. The molecule has 2 heterocycles. The van der Waals surface area contributed by atoms with Gasteiger partial charge in [0.15, 0.2) is 0 Å². The maximum Gasteiger partial charge on any atom is 0.222 e. The van der Waals surface area contributed by atoms with Gasteiger partial charge < -0.3 is 9.80 Å². The number of anilines is 1. The van der Waals surface area contributed by atoms with E-state index < -0.39 is 0 Å². The second-order valence-corrected chi connectivity index (χ2v) is 9.49. The fraction of sp³-hybridized carbons (Fsp3) is 0.542. The van der Waals surface area contributed by atoms with Crippen LogP contribution in [0.4, 0.5) is 10.2 Å². The molecule has 1 saturated heterocycles. The summed E-state index contributed by atoms with van der Waals surface area (Å²) in [7, 11) is 0. The molecule has 2 aromatic rings. The lowest BCUT2D eigenvalue weighted by molar-refractivity contribution is -0.132. The summed E-state index contributed by atoms with van der Waals surface area (Å²) in [6, 6.07) is 4.78. The van der Waals surface area contributed by atoms with Gasteiger partial charge in [0.05, 0.1) is 0 Å². The zero-order valence-electron chi connectivity index (χ0n) is 18.5. The molecule has 1 aliphatic heterocycles. The molecular weight excluding hydrogens is 415 g/mol. The molecule has 1 amide bonds. The molecule has 2 aliphatic rings. The van der Waals surface area contributed by atoms with E-state index in [1.54, 1.807) is 12.1 Å². The first kappa shape index (κ1) is 22.0. The summed E-state index contributed by atoms with van der Waals surface area (Å²) >= 11 is 6.32. The number of benzene rings is 1. The summed E-state index contributed by atoms with van der Waals surface area (Å²) in [6.45, 7) is 8.88. The van der Waals surface area contributed by atoms with Gasteiger partial charge in [0, 0.05) is 66.8 Å². The van der Waals surface area contributed by atoms with Crippen LogP contribution < -0.4 is 4.90 Å². The van der Waals surface area contributed by atoms with E-state index >= 15 is 0 Å². The SMILES string of the molecule is Cc1nc(C2CC2)nc(N2CCN(C(=O)CC(C)C)CC2)c1Cc1c(F)cccc1Cl. The Hall–Kier alpha value is -2.21. The predicted octanol–water partition coefficient (Wildman–Crippen LogP) is 4.74. The van der Waals surface area contributed by atoms with E-state index in [-0.39, 0.29) is 11.7 Å². The minimum Gasteiger partial charge on any atom is -0.353 e. The standard InChI is InChI=1S/C24H30ClFN4O/c1-15(2)13-22(31)29-9-11-30(12-10-29)24-18(14-19-20(25)5-4-6-21(19)26)16(3)27-23(28-24)17-7-8-17/h4-6,15,17H,7-14H2,1-3H3. The monoisotopic (exact) mass is 444 g/mol. The molecule has 1 aromatic carbocycles. The quantitative estimate of drug-likeness (QED) is 0.645. The summed E-state index contributed by atoms with van der Waals surface area (Å²) in [5.41, 5.74) is 2.27. The van der Waals surface area contributed by atoms with E-state index in [9.17, 15) is 9.18 Å². The van der Waals surface area contributed by atoms with Gasteiger partial charge in [0.1, 0.15) is 17.5 Å². The van der Waals surface area contributed by atoms with Crippen LogP contribution in [0.1, 0.15) is 61.7 Å². The van der Waals surface area contributed by atoms with Crippen molar-refractivity contribution in [3.8, 4) is 0 Å². The van der Waals surface area contributed by atoms with Crippen molar-refractivity contribution in [2.45, 2.75) is 52.4 Å². The molecular formula is C24H30ClFN4O. The molecule has 0 bridgehead atoms. The molecule has 0 atom stereocenters. The highest BCUT2D eigenvalue weighted by molar-refractivity contribution is 6.31. The number of aromatic nitrogens is 2. The highest BCUT2D eigenvalue weighted by atomic mass is 35.5. The molecule has 0 radical (unpaired) electrons. The number of hydrogen-bond donors (Lipinski definition) is 0. The molecule has 1 saturated carbocycles. The van der Waals surface area contributed by atoms with E-state index in [1.165, 1.54) is 6.07 Å². The Morgan fingerprint density at radius 3 is 2.48 bits per heavy atom. The number of halogens is 2. The zero-order chi connectivity index (χ0) is 22.1. The topological polar surface area (TPSA) is 49.3 Å². The van der Waals surface area contributed by atoms with Gasteiger partial charge in [-0.05, 0) is 37.8 Å². The summed E-state index contributed by atoms with van der Waals surface area (Å²) in [5.74, 6) is 2.43. The smallest absolute Gasteiger partial charge is 0.222 e. The van der Waals surface area contributed by atoms with Gasteiger partial charge in [-0.3, -0.25) is 4.79 Å². The number of rotatable bonds is 6. The highest BCUT2D eigenvalue weighted by Crippen LogP contribution is 2.40. The number of hydrogen-bond acceptors (Lipinski definition) is 4. The molecule has 31 heavy (non-hydrogen) atoms. The van der Waals surface area contributed by atoms with Gasteiger partial charge in [-0.15, -0.1) is 0 Å². The number of piperazine rings is 1. The number of carbonyl (C=O) groups is 1. The minimum absolute atomic E-state index is 0.213. The van der Waals surface area contributed by atoms with Crippen molar-refractivity contribution in [3.63, 3.8) is 0 Å². The first-order valence-electron chi connectivity index (χ1n) is 11.2. The average molecular weight is 445 g/mol. The molecule has 5 nitrogen and oxygen atoms in total. The van der Waals surface area contributed by atoms with Crippen LogP contribution in [-0.4, -0.2) is 47.0 Å². The number of aryl methyl sites for hydroxylation is 1. The lowest BCUT2D eigenvalue weighted by Gasteiger charge is -2.37. The Labute approximate surface area is 188 Å². The average Bonchev–Trinajstić information content (AvgIpc) is 3.56. The lowest BCUT2D eigenvalue weighted by atomic mass is 10.0. The fourth-order valence-corrected chi connectivity index (χ4v) is 4.35. The summed E-state index contributed by atoms with van der Waals surface area (Å²) in [5, 5.41) is 0.417. The van der Waals surface area contributed by atoms with Crippen LogP contribution in [0.3, 0.4) is 0 Å². The number of amides is 1. The Morgan fingerprint density at radius 2 is 1.87 bits per heavy atom. The maximum atomic E-state index is 14.5. The van der Waals surface area contributed by atoms with Crippen LogP contribution in [0.15, 0.2) is 18.2 Å². The van der Waals surface area contributed by atoms with Gasteiger partial charge in [0.25, 0.3) is 0 Å². The lowest BCUT2D eigenvalue weighted by Crippen LogP contribution is -2.49. The Balaban J connectivity index is 1.61. The Bertz CT molecular complexity index is 948. The molecule has 0 unspecified atom stereocenters. The predicted molar refractivity (Wildman–Crippen MR) is 121 cm³/mol. The fourth-order valence-electron chi connectivity index (χ4n) is 4.12. The molecule has 1 aromatic heterocycles.